The number of alkyl halides is 1. The lowest BCUT2D eigenvalue weighted by molar-refractivity contribution is 0.0702. The largest absolute Gasteiger partial charge is 0.477 e. The fourth-order valence-electron chi connectivity index (χ4n) is 2.36. The molecule has 1 unspecified atom stereocenters. The number of carbonyl (C=O) groups is 1. The Hall–Kier alpha value is -0.920. The first kappa shape index (κ1) is 13.1. The van der Waals surface area contributed by atoms with Gasteiger partial charge in [-0.15, -0.1) is 11.3 Å². The second kappa shape index (κ2) is 5.22. The predicted molar refractivity (Wildman–Crippen MR) is 76.2 cm³/mol. The van der Waals surface area contributed by atoms with Crippen LogP contribution in [0.2, 0.25) is 0 Å². The van der Waals surface area contributed by atoms with Gasteiger partial charge in [0.1, 0.15) is 15.5 Å². The van der Waals surface area contributed by atoms with E-state index in [1.807, 2.05) is 0 Å². The van der Waals surface area contributed by atoms with Gasteiger partial charge in [0.15, 0.2) is 0 Å². The van der Waals surface area contributed by atoms with Crippen molar-refractivity contribution >= 4 is 43.6 Å². The van der Waals surface area contributed by atoms with Crippen LogP contribution in [-0.4, -0.2) is 33.3 Å². The van der Waals surface area contributed by atoms with Gasteiger partial charge in [-0.05, 0) is 18.9 Å². The van der Waals surface area contributed by atoms with Crippen LogP contribution in [0, 0.1) is 0 Å². The molecule has 3 rings (SSSR count). The van der Waals surface area contributed by atoms with Crippen molar-refractivity contribution in [3.63, 3.8) is 0 Å². The zero-order valence-corrected chi connectivity index (χ0v) is 12.5. The van der Waals surface area contributed by atoms with Crippen LogP contribution in [0.3, 0.4) is 0 Å². The zero-order chi connectivity index (χ0) is 13.4. The van der Waals surface area contributed by atoms with Crippen molar-refractivity contribution in [1.82, 2.24) is 9.55 Å². The monoisotopic (exact) mass is 344 g/mol. The summed E-state index contributed by atoms with van der Waals surface area (Å²) in [5, 5.41) is 9.70. The van der Waals surface area contributed by atoms with E-state index in [0.29, 0.717) is 10.2 Å². The molecule has 1 fully saturated rings. The lowest BCUT2D eigenvalue weighted by Crippen LogP contribution is -2.16. The minimum absolute atomic E-state index is 0.211. The molecule has 2 aromatic rings. The second-order valence-corrected chi connectivity index (χ2v) is 6.10. The van der Waals surface area contributed by atoms with E-state index >= 15 is 0 Å². The first-order valence-electron chi connectivity index (χ1n) is 6.09. The third-order valence-corrected chi connectivity index (χ3v) is 4.77. The van der Waals surface area contributed by atoms with E-state index < -0.39 is 5.97 Å². The molecule has 7 heteroatoms. The third-order valence-electron chi connectivity index (χ3n) is 3.27. The molecule has 0 spiro atoms. The Morgan fingerprint density at radius 3 is 3.16 bits per heavy atom. The number of rotatable bonds is 4. The average Bonchev–Trinajstić information content (AvgIpc) is 3.06. The smallest absolute Gasteiger partial charge is 0.346 e. The van der Waals surface area contributed by atoms with E-state index in [1.54, 1.807) is 6.07 Å². The molecule has 0 saturated carbocycles. The maximum Gasteiger partial charge on any atom is 0.346 e. The molecule has 1 saturated heterocycles. The summed E-state index contributed by atoms with van der Waals surface area (Å²) in [7, 11) is 0. The van der Waals surface area contributed by atoms with Crippen LogP contribution < -0.4 is 0 Å². The molecular formula is C12H13BrN2O3S. The summed E-state index contributed by atoms with van der Waals surface area (Å²) in [5.74, 6) is 0.0285. The molecular weight excluding hydrogens is 332 g/mol. The van der Waals surface area contributed by atoms with Crippen molar-refractivity contribution in [3.8, 4) is 0 Å². The third kappa shape index (κ3) is 2.42. The highest BCUT2D eigenvalue weighted by molar-refractivity contribution is 9.08. The maximum atomic E-state index is 11.0. The Labute approximate surface area is 122 Å². The first-order chi connectivity index (χ1) is 9.19. The lowest BCUT2D eigenvalue weighted by atomic mass is 10.2. The summed E-state index contributed by atoms with van der Waals surface area (Å²) in [6, 6.07) is 1.70. The molecule has 0 amide bonds. The van der Waals surface area contributed by atoms with Gasteiger partial charge >= 0.3 is 5.97 Å². The number of hydrogen-bond acceptors (Lipinski definition) is 4. The molecule has 0 aromatic carbocycles. The number of hydrogen-bond donors (Lipinski definition) is 1. The highest BCUT2D eigenvalue weighted by atomic mass is 79.9. The molecule has 1 aliphatic heterocycles. The van der Waals surface area contributed by atoms with Crippen molar-refractivity contribution in [2.45, 2.75) is 30.8 Å². The van der Waals surface area contributed by atoms with E-state index in [-0.39, 0.29) is 6.10 Å². The van der Waals surface area contributed by atoms with Crippen molar-refractivity contribution in [3.05, 3.63) is 16.8 Å². The van der Waals surface area contributed by atoms with E-state index in [0.717, 1.165) is 42.2 Å². The number of carboxylic acids is 1. The minimum atomic E-state index is -0.896. The van der Waals surface area contributed by atoms with Gasteiger partial charge in [0, 0.05) is 6.61 Å². The van der Waals surface area contributed by atoms with Gasteiger partial charge < -0.3 is 14.4 Å². The molecule has 102 valence electrons. The Kier molecular flexibility index (Phi) is 3.60. The standard InChI is InChI=1S/C12H13BrN2O3S/c13-5-10-14-11-8(4-9(19-11)12(16)17)15(10)6-7-2-1-3-18-7/h4,7H,1-3,5-6H2,(H,16,17). The first-order valence-corrected chi connectivity index (χ1v) is 8.02. The van der Waals surface area contributed by atoms with E-state index in [2.05, 4.69) is 25.5 Å². The SMILES string of the molecule is O=C(O)c1cc2c(nc(CBr)n2CC2CCCO2)s1. The van der Waals surface area contributed by atoms with Gasteiger partial charge in [0.25, 0.3) is 0 Å². The second-order valence-electron chi connectivity index (χ2n) is 4.51. The van der Waals surface area contributed by atoms with Crippen LogP contribution >= 0.6 is 27.3 Å². The van der Waals surface area contributed by atoms with Gasteiger partial charge in [-0.1, -0.05) is 15.9 Å². The summed E-state index contributed by atoms with van der Waals surface area (Å²) in [4.78, 5) is 16.6. The summed E-state index contributed by atoms with van der Waals surface area (Å²) < 4.78 is 7.72. The van der Waals surface area contributed by atoms with Crippen LogP contribution in [0.15, 0.2) is 6.07 Å². The number of aromatic carboxylic acids is 1. The Bertz CT molecular complexity index is 616. The number of thiophene rings is 1. The normalized spacial score (nSPS) is 19.3. The minimum Gasteiger partial charge on any atom is -0.477 e. The molecule has 1 N–H and O–H groups in total. The Balaban J connectivity index is 2.00. The summed E-state index contributed by atoms with van der Waals surface area (Å²) in [5.41, 5.74) is 0.896. The highest BCUT2D eigenvalue weighted by Crippen LogP contribution is 2.28. The van der Waals surface area contributed by atoms with Gasteiger partial charge in [0.05, 0.1) is 23.5 Å². The molecule has 2 aromatic heterocycles. The van der Waals surface area contributed by atoms with Crippen LogP contribution in [0.4, 0.5) is 0 Å². The van der Waals surface area contributed by atoms with E-state index in [9.17, 15) is 4.79 Å². The number of aromatic nitrogens is 2. The number of nitrogens with zero attached hydrogens (tertiary/aromatic N) is 2. The molecule has 5 nitrogen and oxygen atoms in total. The molecule has 0 radical (unpaired) electrons. The molecule has 3 heterocycles. The number of fused-ring (bicyclic) bond motifs is 1. The number of ether oxygens (including phenoxy) is 1. The van der Waals surface area contributed by atoms with Crippen LogP contribution in [-0.2, 0) is 16.6 Å². The van der Waals surface area contributed by atoms with Crippen LogP contribution in [0.25, 0.3) is 10.3 Å². The highest BCUT2D eigenvalue weighted by Gasteiger charge is 2.21. The van der Waals surface area contributed by atoms with E-state index in [4.69, 9.17) is 9.84 Å². The van der Waals surface area contributed by atoms with Crippen molar-refractivity contribution in [1.29, 1.82) is 0 Å². The fourth-order valence-corrected chi connectivity index (χ4v) is 3.68. The summed E-state index contributed by atoms with van der Waals surface area (Å²) in [6.07, 6.45) is 2.36. The number of imidazole rings is 1. The summed E-state index contributed by atoms with van der Waals surface area (Å²) in [6.45, 7) is 1.56. The molecule has 1 aliphatic rings. The Morgan fingerprint density at radius 1 is 1.68 bits per heavy atom. The van der Waals surface area contributed by atoms with Gasteiger partial charge in [-0.25, -0.2) is 9.78 Å². The maximum absolute atomic E-state index is 11.0. The molecule has 1 atom stereocenters. The number of carboxylic acid groups (broad SMARTS) is 1. The lowest BCUT2D eigenvalue weighted by Gasteiger charge is -2.12. The van der Waals surface area contributed by atoms with Crippen LogP contribution in [0.1, 0.15) is 28.3 Å². The van der Waals surface area contributed by atoms with Gasteiger partial charge in [-0.3, -0.25) is 0 Å². The predicted octanol–water partition coefficient (Wildman–Crippen LogP) is 2.87. The van der Waals surface area contributed by atoms with Crippen molar-refractivity contribution in [2.24, 2.45) is 0 Å². The quantitative estimate of drug-likeness (QED) is 0.866. The summed E-state index contributed by atoms with van der Waals surface area (Å²) >= 11 is 4.65. The van der Waals surface area contributed by atoms with Gasteiger partial charge in [-0.2, -0.15) is 0 Å². The molecule has 0 bridgehead atoms. The Morgan fingerprint density at radius 2 is 2.53 bits per heavy atom. The molecule has 0 aliphatic carbocycles. The van der Waals surface area contributed by atoms with Crippen molar-refractivity contribution < 1.29 is 14.6 Å². The van der Waals surface area contributed by atoms with Crippen LogP contribution in [0.5, 0.6) is 0 Å². The average molecular weight is 345 g/mol. The van der Waals surface area contributed by atoms with Gasteiger partial charge in [0.2, 0.25) is 0 Å². The molecule has 19 heavy (non-hydrogen) atoms. The van der Waals surface area contributed by atoms with Crippen molar-refractivity contribution in [2.75, 3.05) is 6.61 Å². The topological polar surface area (TPSA) is 64.3 Å². The number of halogens is 1. The fraction of sp³-hybridized carbons (Fsp3) is 0.500. The zero-order valence-electron chi connectivity index (χ0n) is 10.1. The van der Waals surface area contributed by atoms with E-state index in [1.165, 1.54) is 11.3 Å².